The molecule has 0 unspecified atom stereocenters. The number of rotatable bonds is 4. The van der Waals surface area contributed by atoms with Crippen molar-refractivity contribution in [1.29, 1.82) is 0 Å². The maximum Gasteiger partial charge on any atom is 0.259 e. The molecule has 0 bridgehead atoms. The summed E-state index contributed by atoms with van der Waals surface area (Å²) in [7, 11) is 1.57. The normalized spacial score (nSPS) is 10.9. The summed E-state index contributed by atoms with van der Waals surface area (Å²) in [6.07, 6.45) is 0. The molecular formula is C23H19BrN2O2S. The van der Waals surface area contributed by atoms with Gasteiger partial charge in [-0.1, -0.05) is 22.0 Å². The number of methoxy groups -OCH3 is 1. The van der Waals surface area contributed by atoms with Gasteiger partial charge in [0.05, 0.1) is 22.9 Å². The summed E-state index contributed by atoms with van der Waals surface area (Å²) in [5, 5.41) is 3.91. The average molecular weight is 467 g/mol. The zero-order valence-corrected chi connectivity index (χ0v) is 18.6. The molecule has 6 heteroatoms. The van der Waals surface area contributed by atoms with E-state index in [1.165, 1.54) is 10.3 Å². The van der Waals surface area contributed by atoms with E-state index in [0.717, 1.165) is 31.8 Å². The molecular weight excluding hydrogens is 448 g/mol. The molecule has 4 aromatic rings. The van der Waals surface area contributed by atoms with E-state index in [1.54, 1.807) is 24.5 Å². The van der Waals surface area contributed by atoms with E-state index >= 15 is 0 Å². The van der Waals surface area contributed by atoms with Crippen LogP contribution in [0.5, 0.6) is 5.75 Å². The largest absolute Gasteiger partial charge is 0.496 e. The van der Waals surface area contributed by atoms with Gasteiger partial charge >= 0.3 is 0 Å². The van der Waals surface area contributed by atoms with Crippen LogP contribution in [0.25, 0.3) is 20.8 Å². The van der Waals surface area contributed by atoms with Crippen LogP contribution in [0.4, 0.5) is 5.69 Å². The van der Waals surface area contributed by atoms with Gasteiger partial charge in [0.25, 0.3) is 5.91 Å². The lowest BCUT2D eigenvalue weighted by Gasteiger charge is -2.12. The topological polar surface area (TPSA) is 51.2 Å². The number of hydrogen-bond acceptors (Lipinski definition) is 4. The van der Waals surface area contributed by atoms with Crippen molar-refractivity contribution in [3.05, 3.63) is 75.8 Å². The summed E-state index contributed by atoms with van der Waals surface area (Å²) >= 11 is 5.11. The number of hydrogen-bond donors (Lipinski definition) is 1. The Hall–Kier alpha value is -2.70. The van der Waals surface area contributed by atoms with E-state index in [4.69, 9.17) is 9.72 Å². The van der Waals surface area contributed by atoms with Gasteiger partial charge in [-0.2, -0.15) is 0 Å². The number of carbonyl (C=O) groups excluding carboxylic acids is 1. The van der Waals surface area contributed by atoms with Gasteiger partial charge in [-0.25, -0.2) is 4.98 Å². The highest BCUT2D eigenvalue weighted by atomic mass is 79.9. The van der Waals surface area contributed by atoms with Crippen molar-refractivity contribution >= 4 is 49.1 Å². The lowest BCUT2D eigenvalue weighted by molar-refractivity contribution is 0.102. The second-order valence-corrected chi connectivity index (χ2v) is 8.77. The smallest absolute Gasteiger partial charge is 0.259 e. The monoisotopic (exact) mass is 466 g/mol. The minimum atomic E-state index is -0.213. The zero-order valence-electron chi connectivity index (χ0n) is 16.2. The Bertz CT molecular complexity index is 1220. The first-order valence-electron chi connectivity index (χ1n) is 9.08. The van der Waals surface area contributed by atoms with Crippen LogP contribution in [-0.2, 0) is 0 Å². The van der Waals surface area contributed by atoms with E-state index in [-0.39, 0.29) is 5.91 Å². The first kappa shape index (κ1) is 19.6. The van der Waals surface area contributed by atoms with Crippen LogP contribution < -0.4 is 10.1 Å². The molecule has 0 saturated heterocycles. The third kappa shape index (κ3) is 4.04. The van der Waals surface area contributed by atoms with Gasteiger partial charge in [0.2, 0.25) is 0 Å². The van der Waals surface area contributed by atoms with Crippen LogP contribution in [0, 0.1) is 13.8 Å². The molecule has 3 aromatic carbocycles. The summed E-state index contributed by atoms with van der Waals surface area (Å²) in [6.45, 7) is 3.99. The predicted octanol–water partition coefficient (Wildman–Crippen LogP) is 6.60. The fourth-order valence-corrected chi connectivity index (χ4v) is 4.86. The second-order valence-electron chi connectivity index (χ2n) is 6.83. The van der Waals surface area contributed by atoms with Crippen molar-refractivity contribution in [3.8, 4) is 16.3 Å². The minimum absolute atomic E-state index is 0.213. The number of fused-ring (bicyclic) bond motifs is 1. The van der Waals surface area contributed by atoms with E-state index in [1.807, 2.05) is 43.3 Å². The van der Waals surface area contributed by atoms with Gasteiger partial charge in [-0.3, -0.25) is 4.79 Å². The Kier molecular flexibility index (Phi) is 5.39. The molecule has 0 aliphatic heterocycles. The number of aryl methyl sites for hydroxylation is 2. The fourth-order valence-electron chi connectivity index (χ4n) is 3.22. The Morgan fingerprint density at radius 3 is 2.55 bits per heavy atom. The minimum Gasteiger partial charge on any atom is -0.496 e. The molecule has 0 spiro atoms. The summed E-state index contributed by atoms with van der Waals surface area (Å²) in [5.74, 6) is 0.363. The molecule has 0 radical (unpaired) electrons. The molecule has 0 fully saturated rings. The Labute approximate surface area is 181 Å². The predicted molar refractivity (Wildman–Crippen MR) is 123 cm³/mol. The molecule has 1 N–H and O–H groups in total. The van der Waals surface area contributed by atoms with Gasteiger partial charge < -0.3 is 10.1 Å². The number of carbonyl (C=O) groups is 1. The average Bonchev–Trinajstić information content (AvgIpc) is 3.11. The molecule has 1 heterocycles. The number of benzene rings is 3. The maximum atomic E-state index is 12.8. The highest BCUT2D eigenvalue weighted by molar-refractivity contribution is 9.10. The number of nitrogens with one attached hydrogen (secondary N) is 1. The third-order valence-electron chi connectivity index (χ3n) is 4.62. The maximum absolute atomic E-state index is 12.8. The molecule has 1 amide bonds. The van der Waals surface area contributed by atoms with Crippen LogP contribution >= 0.6 is 27.3 Å². The van der Waals surface area contributed by atoms with Gasteiger partial charge in [0, 0.05) is 15.7 Å². The molecule has 29 heavy (non-hydrogen) atoms. The first-order valence-corrected chi connectivity index (χ1v) is 10.7. The standard InChI is InChI=1S/C23H19BrN2O2S/c1-13-4-9-19-20(10-13)29-23(26-19)15-5-7-17(8-6-15)25-22(27)18-12-16(24)11-14(2)21(18)28-3/h4-12H,1-3H3,(H,25,27). The van der Waals surface area contributed by atoms with E-state index in [2.05, 4.69) is 40.3 Å². The number of ether oxygens (including phenoxy) is 1. The van der Waals surface area contributed by atoms with Crippen molar-refractivity contribution in [1.82, 2.24) is 4.98 Å². The second kappa shape index (κ2) is 7.97. The first-order chi connectivity index (χ1) is 13.9. The van der Waals surface area contributed by atoms with Crippen LogP contribution in [0.1, 0.15) is 21.5 Å². The number of amides is 1. The van der Waals surface area contributed by atoms with Gasteiger partial charge in [-0.15, -0.1) is 11.3 Å². The van der Waals surface area contributed by atoms with Crippen LogP contribution in [0.3, 0.4) is 0 Å². The summed E-state index contributed by atoms with van der Waals surface area (Å²) in [4.78, 5) is 17.5. The SMILES string of the molecule is COc1c(C)cc(Br)cc1C(=O)Nc1ccc(-c2nc3ccc(C)cc3s2)cc1. The van der Waals surface area contributed by atoms with Crippen LogP contribution in [0.2, 0.25) is 0 Å². The van der Waals surface area contributed by atoms with E-state index in [0.29, 0.717) is 11.3 Å². The number of thiazole rings is 1. The van der Waals surface area contributed by atoms with Gasteiger partial charge in [0.15, 0.2) is 0 Å². The van der Waals surface area contributed by atoms with Crippen LogP contribution in [0.15, 0.2) is 59.1 Å². The Morgan fingerprint density at radius 2 is 1.83 bits per heavy atom. The fraction of sp³-hybridized carbons (Fsp3) is 0.130. The van der Waals surface area contributed by atoms with Crippen LogP contribution in [-0.4, -0.2) is 18.0 Å². The highest BCUT2D eigenvalue weighted by Gasteiger charge is 2.16. The van der Waals surface area contributed by atoms with Crippen molar-refractivity contribution in [3.63, 3.8) is 0 Å². The molecule has 1 aromatic heterocycles. The molecule has 0 atom stereocenters. The lowest BCUT2D eigenvalue weighted by Crippen LogP contribution is -2.13. The van der Waals surface area contributed by atoms with Crippen molar-refractivity contribution < 1.29 is 9.53 Å². The Balaban J connectivity index is 1.57. The van der Waals surface area contributed by atoms with E-state index in [9.17, 15) is 4.79 Å². The third-order valence-corrected chi connectivity index (χ3v) is 6.15. The summed E-state index contributed by atoms with van der Waals surface area (Å²) < 4.78 is 7.43. The molecule has 0 aliphatic carbocycles. The quantitative estimate of drug-likeness (QED) is 0.368. The number of anilines is 1. The van der Waals surface area contributed by atoms with Gasteiger partial charge in [-0.05, 0) is 73.5 Å². The zero-order chi connectivity index (χ0) is 20.5. The lowest BCUT2D eigenvalue weighted by atomic mass is 10.1. The number of aromatic nitrogens is 1. The number of nitrogens with zero attached hydrogens (tertiary/aromatic N) is 1. The molecule has 0 saturated carbocycles. The molecule has 4 rings (SSSR count). The van der Waals surface area contributed by atoms with Crippen molar-refractivity contribution in [2.45, 2.75) is 13.8 Å². The number of halogens is 1. The Morgan fingerprint density at radius 1 is 1.07 bits per heavy atom. The summed E-state index contributed by atoms with van der Waals surface area (Å²) in [6, 6.07) is 17.7. The van der Waals surface area contributed by atoms with Crippen molar-refractivity contribution in [2.75, 3.05) is 12.4 Å². The highest BCUT2D eigenvalue weighted by Crippen LogP contribution is 2.32. The summed E-state index contributed by atoms with van der Waals surface area (Å²) in [5.41, 5.74) is 5.36. The van der Waals surface area contributed by atoms with Crippen molar-refractivity contribution in [2.24, 2.45) is 0 Å². The molecule has 4 nitrogen and oxygen atoms in total. The molecule has 0 aliphatic rings. The van der Waals surface area contributed by atoms with E-state index < -0.39 is 0 Å². The molecule has 146 valence electrons. The van der Waals surface area contributed by atoms with Gasteiger partial charge in [0.1, 0.15) is 10.8 Å².